The highest BCUT2D eigenvalue weighted by Crippen LogP contribution is 2.12. The molecule has 3 nitrogen and oxygen atoms in total. The standard InChI is InChI=1S/C13H20ClNO2/c1-3-15-9-13(2,16)10-17-8-11-5-4-6-12(14)7-11/h4-7,15-16H,3,8-10H2,1-2H3. The van der Waals surface area contributed by atoms with Crippen molar-refractivity contribution in [3.05, 3.63) is 34.9 Å². The van der Waals surface area contributed by atoms with Gasteiger partial charge in [-0.1, -0.05) is 30.7 Å². The molecule has 4 heteroatoms. The molecule has 0 radical (unpaired) electrons. The summed E-state index contributed by atoms with van der Waals surface area (Å²) in [6, 6.07) is 7.52. The maximum Gasteiger partial charge on any atom is 0.0975 e. The maximum absolute atomic E-state index is 9.96. The van der Waals surface area contributed by atoms with E-state index in [9.17, 15) is 5.11 Å². The largest absolute Gasteiger partial charge is 0.386 e. The van der Waals surface area contributed by atoms with Gasteiger partial charge in [-0.15, -0.1) is 0 Å². The normalized spacial score (nSPS) is 14.6. The third-order valence-electron chi connectivity index (χ3n) is 2.33. The first-order valence-corrected chi connectivity index (χ1v) is 6.16. The van der Waals surface area contributed by atoms with Gasteiger partial charge in [0.25, 0.3) is 0 Å². The number of halogens is 1. The van der Waals surface area contributed by atoms with E-state index in [0.717, 1.165) is 12.1 Å². The summed E-state index contributed by atoms with van der Waals surface area (Å²) in [5.41, 5.74) is 0.172. The topological polar surface area (TPSA) is 41.5 Å². The highest BCUT2D eigenvalue weighted by Gasteiger charge is 2.19. The van der Waals surface area contributed by atoms with E-state index in [2.05, 4.69) is 5.32 Å². The van der Waals surface area contributed by atoms with Crippen LogP contribution in [0.25, 0.3) is 0 Å². The molecule has 17 heavy (non-hydrogen) atoms. The second-order valence-corrected chi connectivity index (χ2v) is 4.84. The average Bonchev–Trinajstić information content (AvgIpc) is 2.26. The molecular formula is C13H20ClNO2. The minimum absolute atomic E-state index is 0.298. The van der Waals surface area contributed by atoms with E-state index < -0.39 is 5.60 Å². The zero-order valence-electron chi connectivity index (χ0n) is 10.4. The molecule has 0 aliphatic carbocycles. The molecular weight excluding hydrogens is 238 g/mol. The first-order valence-electron chi connectivity index (χ1n) is 5.79. The van der Waals surface area contributed by atoms with Crippen LogP contribution in [0, 0.1) is 0 Å². The molecule has 0 heterocycles. The Kier molecular flexibility index (Phi) is 5.92. The molecule has 2 N–H and O–H groups in total. The molecule has 0 aliphatic heterocycles. The third kappa shape index (κ3) is 6.03. The van der Waals surface area contributed by atoms with E-state index in [1.165, 1.54) is 0 Å². The molecule has 1 aromatic carbocycles. The fraction of sp³-hybridized carbons (Fsp3) is 0.538. The van der Waals surface area contributed by atoms with Crippen LogP contribution in [-0.2, 0) is 11.3 Å². The van der Waals surface area contributed by atoms with Crippen molar-refractivity contribution in [3.8, 4) is 0 Å². The molecule has 0 spiro atoms. The lowest BCUT2D eigenvalue weighted by atomic mass is 10.1. The SMILES string of the molecule is CCNCC(C)(O)COCc1cccc(Cl)c1. The van der Waals surface area contributed by atoms with Crippen LogP contribution >= 0.6 is 11.6 Å². The number of hydrogen-bond acceptors (Lipinski definition) is 3. The van der Waals surface area contributed by atoms with Crippen LogP contribution in [-0.4, -0.2) is 30.4 Å². The fourth-order valence-corrected chi connectivity index (χ4v) is 1.67. The molecule has 0 fully saturated rings. The van der Waals surface area contributed by atoms with Crippen molar-refractivity contribution in [1.29, 1.82) is 0 Å². The van der Waals surface area contributed by atoms with Gasteiger partial charge in [-0.2, -0.15) is 0 Å². The second kappa shape index (κ2) is 6.97. The van der Waals surface area contributed by atoms with Crippen LogP contribution in [0.5, 0.6) is 0 Å². The van der Waals surface area contributed by atoms with Gasteiger partial charge in [0.05, 0.1) is 18.8 Å². The number of benzene rings is 1. The zero-order valence-corrected chi connectivity index (χ0v) is 11.1. The zero-order chi connectivity index (χ0) is 12.7. The van der Waals surface area contributed by atoms with E-state index in [0.29, 0.717) is 24.8 Å². The summed E-state index contributed by atoms with van der Waals surface area (Å²) in [6.45, 7) is 5.88. The average molecular weight is 258 g/mol. The number of hydrogen-bond donors (Lipinski definition) is 2. The monoisotopic (exact) mass is 257 g/mol. The Hall–Kier alpha value is -0.610. The van der Waals surface area contributed by atoms with Gasteiger partial charge in [0, 0.05) is 11.6 Å². The molecule has 1 unspecified atom stereocenters. The summed E-state index contributed by atoms with van der Waals surface area (Å²) in [5, 5.41) is 13.8. The lowest BCUT2D eigenvalue weighted by Gasteiger charge is -2.23. The Morgan fingerprint density at radius 2 is 2.24 bits per heavy atom. The molecule has 0 saturated heterocycles. The molecule has 96 valence electrons. The number of nitrogens with one attached hydrogen (secondary N) is 1. The number of likely N-dealkylation sites (N-methyl/N-ethyl adjacent to an activating group) is 1. The Morgan fingerprint density at radius 1 is 1.47 bits per heavy atom. The van der Waals surface area contributed by atoms with Crippen molar-refractivity contribution >= 4 is 11.6 Å². The molecule has 1 aromatic rings. The minimum Gasteiger partial charge on any atom is -0.386 e. The molecule has 0 amide bonds. The van der Waals surface area contributed by atoms with Crippen LogP contribution in [0.4, 0.5) is 0 Å². The van der Waals surface area contributed by atoms with E-state index in [4.69, 9.17) is 16.3 Å². The van der Waals surface area contributed by atoms with Crippen molar-refractivity contribution < 1.29 is 9.84 Å². The number of ether oxygens (including phenoxy) is 1. The lowest BCUT2D eigenvalue weighted by molar-refractivity contribution is -0.0377. The van der Waals surface area contributed by atoms with Gasteiger partial charge >= 0.3 is 0 Å². The van der Waals surface area contributed by atoms with Crippen molar-refractivity contribution in [2.24, 2.45) is 0 Å². The second-order valence-electron chi connectivity index (χ2n) is 4.40. The minimum atomic E-state index is -0.839. The summed E-state index contributed by atoms with van der Waals surface area (Å²) in [6.07, 6.45) is 0. The highest BCUT2D eigenvalue weighted by molar-refractivity contribution is 6.30. The van der Waals surface area contributed by atoms with Crippen LogP contribution in [0.15, 0.2) is 24.3 Å². The van der Waals surface area contributed by atoms with Crippen molar-refractivity contribution in [1.82, 2.24) is 5.32 Å². The van der Waals surface area contributed by atoms with E-state index in [1.54, 1.807) is 6.92 Å². The third-order valence-corrected chi connectivity index (χ3v) is 2.56. The summed E-state index contributed by atoms with van der Waals surface area (Å²) in [7, 11) is 0. The van der Waals surface area contributed by atoms with Gasteiger partial charge in [0.15, 0.2) is 0 Å². The van der Waals surface area contributed by atoms with Gasteiger partial charge in [-0.25, -0.2) is 0 Å². The maximum atomic E-state index is 9.96. The summed E-state index contributed by atoms with van der Waals surface area (Å²) >= 11 is 5.87. The number of rotatable bonds is 7. The molecule has 1 rings (SSSR count). The lowest BCUT2D eigenvalue weighted by Crippen LogP contribution is -2.41. The predicted molar refractivity (Wildman–Crippen MR) is 70.3 cm³/mol. The smallest absolute Gasteiger partial charge is 0.0975 e. The van der Waals surface area contributed by atoms with E-state index in [1.807, 2.05) is 31.2 Å². The summed E-state index contributed by atoms with van der Waals surface area (Å²) in [5.74, 6) is 0. The number of aliphatic hydroxyl groups is 1. The van der Waals surface area contributed by atoms with Gasteiger partial charge in [-0.05, 0) is 31.2 Å². The van der Waals surface area contributed by atoms with Crippen LogP contribution < -0.4 is 5.32 Å². The van der Waals surface area contributed by atoms with Crippen LogP contribution in [0.2, 0.25) is 5.02 Å². The Bertz CT molecular complexity index is 342. The molecule has 1 atom stereocenters. The Labute approximate surface area is 108 Å². The highest BCUT2D eigenvalue weighted by atomic mass is 35.5. The van der Waals surface area contributed by atoms with Crippen molar-refractivity contribution in [2.45, 2.75) is 26.1 Å². The van der Waals surface area contributed by atoms with Crippen molar-refractivity contribution in [3.63, 3.8) is 0 Å². The molecule has 0 aromatic heterocycles. The van der Waals surface area contributed by atoms with Crippen LogP contribution in [0.3, 0.4) is 0 Å². The van der Waals surface area contributed by atoms with Gasteiger partial charge < -0.3 is 15.2 Å². The molecule has 0 aliphatic rings. The quantitative estimate of drug-likeness (QED) is 0.787. The first-order chi connectivity index (χ1) is 8.03. The van der Waals surface area contributed by atoms with Gasteiger partial charge in [-0.3, -0.25) is 0 Å². The van der Waals surface area contributed by atoms with Gasteiger partial charge in [0.2, 0.25) is 0 Å². The van der Waals surface area contributed by atoms with Crippen LogP contribution in [0.1, 0.15) is 19.4 Å². The molecule has 0 saturated carbocycles. The van der Waals surface area contributed by atoms with Gasteiger partial charge in [0.1, 0.15) is 0 Å². The Balaban J connectivity index is 2.32. The fourth-order valence-electron chi connectivity index (χ4n) is 1.46. The molecule has 0 bridgehead atoms. The summed E-state index contributed by atoms with van der Waals surface area (Å²) < 4.78 is 5.49. The first kappa shape index (κ1) is 14.5. The predicted octanol–water partition coefficient (Wildman–Crippen LogP) is 2.22. The summed E-state index contributed by atoms with van der Waals surface area (Å²) in [4.78, 5) is 0. The van der Waals surface area contributed by atoms with E-state index in [-0.39, 0.29) is 0 Å². The Morgan fingerprint density at radius 3 is 2.88 bits per heavy atom. The van der Waals surface area contributed by atoms with E-state index >= 15 is 0 Å². The van der Waals surface area contributed by atoms with Crippen molar-refractivity contribution in [2.75, 3.05) is 19.7 Å².